The van der Waals surface area contributed by atoms with Crippen LogP contribution in [0.15, 0.2) is 48.9 Å². The van der Waals surface area contributed by atoms with Gasteiger partial charge in [0.15, 0.2) is 0 Å². The SMILES string of the molecule is O=C(NC[C@H](O)CN1CCc2cc(OCc3cn[nH]c3)ccc2C1)c1ccnc(CC2CCC2)c1. The molecule has 184 valence electrons. The van der Waals surface area contributed by atoms with E-state index >= 15 is 0 Å². The standard InChI is InChI=1S/C27H33N5O3/c33-25(15-29-27(34)22-6-8-28-24(11-22)10-19-2-1-3-19)17-32-9-7-21-12-26(5-4-23(21)16-32)35-18-20-13-30-31-14-20/h4-6,8,11-14,19,25,33H,1-3,7,9-10,15-18H2,(H,29,34)(H,30,31)/t25-/m0/s1. The predicted octanol–water partition coefficient (Wildman–Crippen LogP) is 2.88. The maximum atomic E-state index is 12.6. The van der Waals surface area contributed by atoms with Crippen LogP contribution >= 0.6 is 0 Å². The first-order valence-corrected chi connectivity index (χ1v) is 12.5. The Bertz CT molecular complexity index is 1130. The highest BCUT2D eigenvalue weighted by atomic mass is 16.5. The average molecular weight is 476 g/mol. The van der Waals surface area contributed by atoms with Crippen molar-refractivity contribution in [3.8, 4) is 5.75 Å². The first-order valence-electron chi connectivity index (χ1n) is 12.5. The van der Waals surface area contributed by atoms with Gasteiger partial charge in [-0.25, -0.2) is 0 Å². The number of carbonyl (C=O) groups excluding carboxylic acids is 1. The molecule has 35 heavy (non-hydrogen) atoms. The quantitative estimate of drug-likeness (QED) is 0.417. The third-order valence-corrected chi connectivity index (χ3v) is 7.00. The molecule has 1 aliphatic heterocycles. The first-order chi connectivity index (χ1) is 17.1. The van der Waals surface area contributed by atoms with Crippen LogP contribution in [0, 0.1) is 5.92 Å². The Morgan fingerprint density at radius 1 is 1.26 bits per heavy atom. The summed E-state index contributed by atoms with van der Waals surface area (Å²) < 4.78 is 5.88. The molecule has 0 spiro atoms. The molecule has 1 aromatic carbocycles. The normalized spacial score (nSPS) is 16.8. The van der Waals surface area contributed by atoms with E-state index in [1.807, 2.05) is 18.3 Å². The molecule has 8 heteroatoms. The van der Waals surface area contributed by atoms with Crippen molar-refractivity contribution in [3.63, 3.8) is 0 Å². The van der Waals surface area contributed by atoms with Crippen LogP contribution in [0.25, 0.3) is 0 Å². The average Bonchev–Trinajstić information content (AvgIpc) is 3.37. The van der Waals surface area contributed by atoms with E-state index in [2.05, 4.69) is 37.5 Å². The number of aromatic nitrogens is 3. The molecular weight excluding hydrogens is 442 g/mol. The number of carbonyl (C=O) groups is 1. The molecule has 1 atom stereocenters. The molecule has 0 radical (unpaired) electrons. The minimum atomic E-state index is -0.630. The van der Waals surface area contributed by atoms with E-state index in [0.717, 1.165) is 42.9 Å². The summed E-state index contributed by atoms with van der Waals surface area (Å²) in [4.78, 5) is 19.3. The maximum absolute atomic E-state index is 12.6. The van der Waals surface area contributed by atoms with Gasteiger partial charge in [0.05, 0.1) is 12.3 Å². The summed E-state index contributed by atoms with van der Waals surface area (Å²) in [5.74, 6) is 1.40. The number of aliphatic hydroxyl groups is 1. The number of rotatable bonds is 10. The van der Waals surface area contributed by atoms with Crippen LogP contribution in [0.3, 0.4) is 0 Å². The lowest BCUT2D eigenvalue weighted by molar-refractivity contribution is 0.0841. The molecule has 2 aromatic heterocycles. The van der Waals surface area contributed by atoms with E-state index in [-0.39, 0.29) is 12.5 Å². The number of β-amino-alcohol motifs (C(OH)–C–C–N with tert-alkyl or cyclic N) is 1. The van der Waals surface area contributed by atoms with Crippen molar-refractivity contribution in [1.29, 1.82) is 0 Å². The number of amides is 1. The number of pyridine rings is 1. The van der Waals surface area contributed by atoms with Gasteiger partial charge in [-0.2, -0.15) is 5.10 Å². The molecule has 5 rings (SSSR count). The Balaban J connectivity index is 1.07. The molecule has 3 aromatic rings. The smallest absolute Gasteiger partial charge is 0.251 e. The molecule has 8 nitrogen and oxygen atoms in total. The van der Waals surface area contributed by atoms with Crippen molar-refractivity contribution in [1.82, 2.24) is 25.4 Å². The van der Waals surface area contributed by atoms with Crippen LogP contribution in [-0.4, -0.2) is 56.8 Å². The fourth-order valence-electron chi connectivity index (χ4n) is 4.76. The van der Waals surface area contributed by atoms with Gasteiger partial charge in [0.2, 0.25) is 0 Å². The molecule has 0 bridgehead atoms. The number of nitrogens with zero attached hydrogens (tertiary/aromatic N) is 3. The Hall–Kier alpha value is -3.23. The fraction of sp³-hybridized carbons (Fsp3) is 0.444. The zero-order chi connectivity index (χ0) is 24.0. The van der Waals surface area contributed by atoms with E-state index in [1.54, 1.807) is 18.5 Å². The summed E-state index contributed by atoms with van der Waals surface area (Å²) in [5.41, 5.74) is 5.13. The van der Waals surface area contributed by atoms with Gasteiger partial charge >= 0.3 is 0 Å². The molecule has 0 saturated heterocycles. The predicted molar refractivity (Wildman–Crippen MR) is 132 cm³/mol. The molecule has 3 heterocycles. The van der Waals surface area contributed by atoms with Crippen LogP contribution in [0.1, 0.15) is 52.0 Å². The van der Waals surface area contributed by atoms with E-state index in [1.165, 1.54) is 30.4 Å². The van der Waals surface area contributed by atoms with Gasteiger partial charge < -0.3 is 15.2 Å². The van der Waals surface area contributed by atoms with Crippen molar-refractivity contribution < 1.29 is 14.6 Å². The van der Waals surface area contributed by atoms with Crippen molar-refractivity contribution in [2.45, 2.75) is 51.4 Å². The number of ether oxygens (including phenoxy) is 1. The number of aliphatic hydroxyl groups excluding tert-OH is 1. The van der Waals surface area contributed by atoms with Crippen LogP contribution in [0.4, 0.5) is 0 Å². The number of benzene rings is 1. The zero-order valence-electron chi connectivity index (χ0n) is 19.9. The lowest BCUT2D eigenvalue weighted by Gasteiger charge is -2.30. The van der Waals surface area contributed by atoms with Crippen molar-refractivity contribution in [3.05, 3.63) is 76.9 Å². The highest BCUT2D eigenvalue weighted by molar-refractivity contribution is 5.94. The molecule has 1 amide bonds. The molecule has 0 unspecified atom stereocenters. The number of nitrogens with one attached hydrogen (secondary N) is 2. The summed E-state index contributed by atoms with van der Waals surface area (Å²) in [7, 11) is 0. The Morgan fingerprint density at radius 3 is 2.97 bits per heavy atom. The topological polar surface area (TPSA) is 103 Å². The van der Waals surface area contributed by atoms with Crippen molar-refractivity contribution in [2.24, 2.45) is 5.92 Å². The monoisotopic (exact) mass is 475 g/mol. The number of hydrogen-bond donors (Lipinski definition) is 3. The maximum Gasteiger partial charge on any atom is 0.251 e. The number of hydrogen-bond acceptors (Lipinski definition) is 6. The van der Waals surface area contributed by atoms with Crippen molar-refractivity contribution in [2.75, 3.05) is 19.6 Å². The second-order valence-corrected chi connectivity index (χ2v) is 9.71. The Labute approximate surface area is 205 Å². The highest BCUT2D eigenvalue weighted by Gasteiger charge is 2.21. The largest absolute Gasteiger partial charge is 0.489 e. The summed E-state index contributed by atoms with van der Waals surface area (Å²) >= 11 is 0. The minimum absolute atomic E-state index is 0.159. The molecular formula is C27H33N5O3. The Kier molecular flexibility index (Phi) is 7.39. The van der Waals surface area contributed by atoms with Crippen LogP contribution in [0.2, 0.25) is 0 Å². The van der Waals surface area contributed by atoms with Gasteiger partial charge in [-0.1, -0.05) is 25.3 Å². The van der Waals surface area contributed by atoms with Gasteiger partial charge in [-0.05, 0) is 54.2 Å². The van der Waals surface area contributed by atoms with Gasteiger partial charge in [0.1, 0.15) is 12.4 Å². The lowest BCUT2D eigenvalue weighted by Crippen LogP contribution is -2.42. The second kappa shape index (κ2) is 11.0. The molecule has 1 aliphatic carbocycles. The summed E-state index contributed by atoms with van der Waals surface area (Å²) in [6, 6.07) is 9.82. The van der Waals surface area contributed by atoms with E-state index in [0.29, 0.717) is 24.6 Å². The van der Waals surface area contributed by atoms with Gasteiger partial charge in [-0.15, -0.1) is 0 Å². The number of aromatic amines is 1. The van der Waals surface area contributed by atoms with Crippen LogP contribution < -0.4 is 10.1 Å². The van der Waals surface area contributed by atoms with Crippen LogP contribution in [0.5, 0.6) is 5.75 Å². The minimum Gasteiger partial charge on any atom is -0.489 e. The fourth-order valence-corrected chi connectivity index (χ4v) is 4.76. The third-order valence-electron chi connectivity index (χ3n) is 7.00. The highest BCUT2D eigenvalue weighted by Crippen LogP contribution is 2.29. The van der Waals surface area contributed by atoms with Crippen LogP contribution in [-0.2, 0) is 26.0 Å². The molecule has 1 fully saturated rings. The summed E-state index contributed by atoms with van der Waals surface area (Å²) in [6.07, 6.45) is 10.3. The summed E-state index contributed by atoms with van der Waals surface area (Å²) in [5, 5.41) is 20.2. The number of fused-ring (bicyclic) bond motifs is 1. The number of H-pyrrole nitrogens is 1. The van der Waals surface area contributed by atoms with Crippen molar-refractivity contribution >= 4 is 5.91 Å². The zero-order valence-corrected chi connectivity index (χ0v) is 19.9. The second-order valence-electron chi connectivity index (χ2n) is 9.71. The van der Waals surface area contributed by atoms with Gasteiger partial charge in [0.25, 0.3) is 5.91 Å². The van der Waals surface area contributed by atoms with E-state index < -0.39 is 6.10 Å². The summed E-state index contributed by atoms with van der Waals surface area (Å²) in [6.45, 7) is 2.86. The van der Waals surface area contributed by atoms with E-state index in [4.69, 9.17) is 4.74 Å². The van der Waals surface area contributed by atoms with Gasteiger partial charge in [0, 0.05) is 55.4 Å². The van der Waals surface area contributed by atoms with E-state index in [9.17, 15) is 9.90 Å². The lowest BCUT2D eigenvalue weighted by atomic mass is 9.82. The molecule has 2 aliphatic rings. The third kappa shape index (κ3) is 6.26. The van der Waals surface area contributed by atoms with Gasteiger partial charge in [-0.3, -0.25) is 19.8 Å². The first kappa shape index (κ1) is 23.5. The Morgan fingerprint density at radius 2 is 2.17 bits per heavy atom. The molecule has 1 saturated carbocycles. The molecule has 3 N–H and O–H groups in total.